The molecule has 5 rings (SSSR count). The van der Waals surface area contributed by atoms with E-state index in [1.807, 2.05) is 19.1 Å². The molecule has 2 N–H and O–H groups in total. The molecule has 4 aliphatic heterocycles. The van der Waals surface area contributed by atoms with Crippen molar-refractivity contribution in [1.29, 1.82) is 0 Å². The highest BCUT2D eigenvalue weighted by atomic mass is 28.4. The van der Waals surface area contributed by atoms with Crippen LogP contribution in [0.4, 0.5) is 15.5 Å². The maximum absolute atomic E-state index is 15.8. The molecule has 3 amide bonds. The minimum Gasteiger partial charge on any atom is -0.394 e. The first kappa shape index (κ1) is 25.4. The predicted octanol–water partition coefficient (Wildman–Crippen LogP) is 3.30. The van der Waals surface area contributed by atoms with Crippen LogP contribution in [0.5, 0.6) is 0 Å². The van der Waals surface area contributed by atoms with Gasteiger partial charge < -0.3 is 29.1 Å². The summed E-state index contributed by atoms with van der Waals surface area (Å²) in [6, 6.07) is 5.23. The molecule has 0 aromatic heterocycles. The molecular weight excluding hydrogens is 481 g/mol. The molecule has 8 nitrogen and oxygen atoms in total. The van der Waals surface area contributed by atoms with Gasteiger partial charge in [0.2, 0.25) is 20.2 Å². The standard InChI is InChI=1S/C26H36FN3O5Si/c1-16-24(36(2,3)27)21(14-23(33)30-12-6-7-18(30)15-31)35-26(16)19-13-17(9-10-20(19)28-25(26)34)29-11-5-4-8-22(29)32/h9-10,13,16,18,21,24,31H,4-8,11-12,14-15H2,1-3H3,(H,28,34)/t16-,18+,21+,24-,26+/m1/s1. The third kappa shape index (κ3) is 3.97. The van der Waals surface area contributed by atoms with Gasteiger partial charge in [0.1, 0.15) is 0 Å². The molecule has 1 spiro atoms. The van der Waals surface area contributed by atoms with Crippen LogP contribution in [0.15, 0.2) is 18.2 Å². The lowest BCUT2D eigenvalue weighted by Crippen LogP contribution is -2.42. The molecule has 0 saturated carbocycles. The number of piperidine rings is 1. The number of aliphatic hydroxyl groups is 1. The van der Waals surface area contributed by atoms with Gasteiger partial charge in [-0.05, 0) is 57.0 Å². The fraction of sp³-hybridized carbons (Fsp3) is 0.654. The average Bonchev–Trinajstić information content (AvgIpc) is 3.49. The lowest BCUT2D eigenvalue weighted by molar-refractivity contribution is -0.148. The van der Waals surface area contributed by atoms with Crippen LogP contribution in [-0.2, 0) is 24.7 Å². The van der Waals surface area contributed by atoms with Crippen molar-refractivity contribution in [2.75, 3.05) is 29.9 Å². The molecular formula is C26H36FN3O5Si. The number of likely N-dealkylation sites (tertiary alicyclic amines) is 1. The second kappa shape index (κ2) is 9.22. The molecule has 10 heteroatoms. The number of aliphatic hydroxyl groups excluding tert-OH is 1. The highest BCUT2D eigenvalue weighted by Crippen LogP contribution is 2.59. The van der Waals surface area contributed by atoms with Crippen LogP contribution in [0.1, 0.15) is 51.0 Å². The molecule has 1 aromatic carbocycles. The van der Waals surface area contributed by atoms with Gasteiger partial charge in [0.05, 0.1) is 25.2 Å². The summed E-state index contributed by atoms with van der Waals surface area (Å²) in [5, 5.41) is 12.6. The molecule has 0 unspecified atom stereocenters. The third-order valence-corrected chi connectivity index (χ3v) is 11.1. The lowest BCUT2D eigenvalue weighted by atomic mass is 9.82. The minimum absolute atomic E-state index is 0.0273. The van der Waals surface area contributed by atoms with E-state index in [0.717, 1.165) is 25.7 Å². The van der Waals surface area contributed by atoms with Gasteiger partial charge in [0.25, 0.3) is 5.91 Å². The van der Waals surface area contributed by atoms with Crippen LogP contribution in [-0.4, -0.2) is 68.0 Å². The number of carbonyl (C=O) groups excluding carboxylic acids is 3. The van der Waals surface area contributed by atoms with E-state index in [-0.39, 0.29) is 36.8 Å². The van der Waals surface area contributed by atoms with Gasteiger partial charge in [0, 0.05) is 47.9 Å². The summed E-state index contributed by atoms with van der Waals surface area (Å²) in [6.45, 7) is 6.15. The van der Waals surface area contributed by atoms with Crippen LogP contribution in [0.25, 0.3) is 0 Å². The zero-order chi connectivity index (χ0) is 25.8. The summed E-state index contributed by atoms with van der Waals surface area (Å²) in [6.07, 6.45) is 3.06. The quantitative estimate of drug-likeness (QED) is 0.461. The fourth-order valence-electron chi connectivity index (χ4n) is 6.94. The second-order valence-corrected chi connectivity index (χ2v) is 15.0. The molecule has 0 bridgehead atoms. The summed E-state index contributed by atoms with van der Waals surface area (Å²) in [4.78, 5) is 42.8. The number of hydrogen-bond acceptors (Lipinski definition) is 5. The second-order valence-electron chi connectivity index (χ2n) is 11.2. The molecule has 36 heavy (non-hydrogen) atoms. The highest BCUT2D eigenvalue weighted by molar-refractivity contribution is 6.72. The Balaban J connectivity index is 1.50. The van der Waals surface area contributed by atoms with E-state index in [9.17, 15) is 19.5 Å². The third-order valence-electron chi connectivity index (χ3n) is 8.62. The Morgan fingerprint density at radius 1 is 1.25 bits per heavy atom. The van der Waals surface area contributed by atoms with Gasteiger partial charge in [-0.2, -0.15) is 0 Å². The van der Waals surface area contributed by atoms with E-state index in [4.69, 9.17) is 4.74 Å². The smallest absolute Gasteiger partial charge is 0.261 e. The topological polar surface area (TPSA) is 99.2 Å². The highest BCUT2D eigenvalue weighted by Gasteiger charge is 2.65. The van der Waals surface area contributed by atoms with Gasteiger partial charge in [-0.15, -0.1) is 0 Å². The van der Waals surface area contributed by atoms with Gasteiger partial charge in [-0.1, -0.05) is 6.92 Å². The van der Waals surface area contributed by atoms with E-state index in [1.54, 1.807) is 29.0 Å². The van der Waals surface area contributed by atoms with Crippen molar-refractivity contribution < 1.29 is 28.3 Å². The molecule has 3 saturated heterocycles. The Morgan fingerprint density at radius 3 is 2.72 bits per heavy atom. The molecule has 5 atom stereocenters. The SMILES string of the molecule is C[C@@H]1[C@@H]([Si](C)(C)F)[C@H](CC(=O)N2CCC[C@H]2CO)O[C@@]12C(=O)Nc1ccc(N3CCCCC3=O)cc12. The number of rotatable bonds is 5. The van der Waals surface area contributed by atoms with Crippen molar-refractivity contribution in [3.63, 3.8) is 0 Å². The van der Waals surface area contributed by atoms with Crippen molar-refractivity contribution in [3.8, 4) is 0 Å². The van der Waals surface area contributed by atoms with Crippen molar-refractivity contribution in [2.45, 2.75) is 81.8 Å². The Morgan fingerprint density at radius 2 is 2.03 bits per heavy atom. The van der Waals surface area contributed by atoms with E-state index >= 15 is 4.11 Å². The number of ether oxygens (including phenoxy) is 1. The first-order valence-corrected chi connectivity index (χ1v) is 16.1. The molecule has 4 aliphatic rings. The van der Waals surface area contributed by atoms with E-state index < -0.39 is 31.6 Å². The fourth-order valence-corrected chi connectivity index (χ4v) is 9.44. The van der Waals surface area contributed by atoms with Crippen LogP contribution in [0, 0.1) is 5.92 Å². The summed E-state index contributed by atoms with van der Waals surface area (Å²) >= 11 is 0. The van der Waals surface area contributed by atoms with Crippen LogP contribution in [0.2, 0.25) is 18.6 Å². The van der Waals surface area contributed by atoms with Crippen molar-refractivity contribution in [1.82, 2.24) is 4.90 Å². The van der Waals surface area contributed by atoms with Crippen molar-refractivity contribution in [3.05, 3.63) is 23.8 Å². The van der Waals surface area contributed by atoms with E-state index in [1.165, 1.54) is 0 Å². The largest absolute Gasteiger partial charge is 0.394 e. The van der Waals surface area contributed by atoms with Gasteiger partial charge >= 0.3 is 0 Å². The number of anilines is 2. The van der Waals surface area contributed by atoms with Gasteiger partial charge in [-0.3, -0.25) is 14.4 Å². The number of hydrogen-bond donors (Lipinski definition) is 2. The maximum atomic E-state index is 15.8. The number of fused-ring (bicyclic) bond motifs is 2. The van der Waals surface area contributed by atoms with Crippen LogP contribution < -0.4 is 10.2 Å². The minimum atomic E-state index is -3.37. The first-order valence-electron chi connectivity index (χ1n) is 13.1. The van der Waals surface area contributed by atoms with Crippen molar-refractivity contribution >= 4 is 37.5 Å². The van der Waals surface area contributed by atoms with Gasteiger partial charge in [0.15, 0.2) is 5.60 Å². The molecule has 1 aromatic rings. The maximum Gasteiger partial charge on any atom is 0.261 e. The van der Waals surface area contributed by atoms with E-state index in [2.05, 4.69) is 5.32 Å². The summed E-state index contributed by atoms with van der Waals surface area (Å²) in [5.41, 5.74) is -0.0701. The van der Waals surface area contributed by atoms with Gasteiger partial charge in [-0.25, -0.2) is 0 Å². The monoisotopic (exact) mass is 517 g/mol. The zero-order valence-electron chi connectivity index (χ0n) is 21.3. The number of benzene rings is 1. The van der Waals surface area contributed by atoms with Crippen molar-refractivity contribution in [2.24, 2.45) is 5.92 Å². The van der Waals surface area contributed by atoms with E-state index in [0.29, 0.717) is 36.4 Å². The number of carbonyl (C=O) groups is 3. The van der Waals surface area contributed by atoms with Crippen LogP contribution in [0.3, 0.4) is 0 Å². The van der Waals surface area contributed by atoms with Crippen LogP contribution >= 0.6 is 0 Å². The Hall–Kier alpha value is -2.30. The molecule has 0 radical (unpaired) electrons. The molecule has 196 valence electrons. The Labute approximate surface area is 212 Å². The number of halogens is 1. The normalized spacial score (nSPS) is 32.4. The Bertz CT molecular complexity index is 1080. The molecule has 3 fully saturated rings. The molecule has 4 heterocycles. The Kier molecular flexibility index (Phi) is 6.49. The average molecular weight is 518 g/mol. The number of nitrogens with one attached hydrogen (secondary N) is 1. The molecule has 0 aliphatic carbocycles. The summed E-state index contributed by atoms with van der Waals surface area (Å²) < 4.78 is 22.4. The number of amides is 3. The lowest BCUT2D eigenvalue weighted by Gasteiger charge is -2.31. The summed E-state index contributed by atoms with van der Waals surface area (Å²) in [7, 11) is -3.37. The predicted molar refractivity (Wildman–Crippen MR) is 136 cm³/mol. The first-order chi connectivity index (χ1) is 17.1. The summed E-state index contributed by atoms with van der Waals surface area (Å²) in [5.74, 6) is -0.964. The number of nitrogens with zero attached hydrogens (tertiary/aromatic N) is 2. The zero-order valence-corrected chi connectivity index (χ0v) is 22.3.